The van der Waals surface area contributed by atoms with E-state index in [1.54, 1.807) is 0 Å². The van der Waals surface area contributed by atoms with E-state index in [0.29, 0.717) is 9.36 Å². The summed E-state index contributed by atoms with van der Waals surface area (Å²) < 4.78 is 2.49. The van der Waals surface area contributed by atoms with Crippen LogP contribution in [0.15, 0.2) is 33.2 Å². The van der Waals surface area contributed by atoms with Gasteiger partial charge in [-0.05, 0) is 45.8 Å². The first-order valence-electron chi connectivity index (χ1n) is 4.63. The van der Waals surface area contributed by atoms with Crippen molar-refractivity contribution < 1.29 is 0 Å². The molecule has 1 aromatic heterocycles. The van der Waals surface area contributed by atoms with Gasteiger partial charge in [0.2, 0.25) is 0 Å². The lowest BCUT2D eigenvalue weighted by Crippen LogP contribution is -2.10. The standard InChI is InChI=1S/C11H7Br2Cl2NS/c12-6-1-5(2-7(14)3-6)10(16)9-4-8(13)11(15)17-9/h1-4,10H,16H2. The molecule has 1 aromatic carbocycles. The Balaban J connectivity index is 2.39. The molecule has 0 fully saturated rings. The summed E-state index contributed by atoms with van der Waals surface area (Å²) in [7, 11) is 0. The van der Waals surface area contributed by atoms with Crippen molar-refractivity contribution in [3.05, 3.63) is 53.0 Å². The second kappa shape index (κ2) is 5.59. The number of thiophene rings is 1. The second-order valence-electron chi connectivity index (χ2n) is 3.45. The van der Waals surface area contributed by atoms with Gasteiger partial charge in [0.15, 0.2) is 0 Å². The average Bonchev–Trinajstić information content (AvgIpc) is 2.57. The molecule has 2 N–H and O–H groups in total. The van der Waals surface area contributed by atoms with Crippen LogP contribution in [-0.4, -0.2) is 0 Å². The van der Waals surface area contributed by atoms with Gasteiger partial charge < -0.3 is 5.73 Å². The molecule has 0 saturated heterocycles. The van der Waals surface area contributed by atoms with E-state index in [0.717, 1.165) is 19.4 Å². The zero-order chi connectivity index (χ0) is 12.6. The molecule has 2 aromatic rings. The summed E-state index contributed by atoms with van der Waals surface area (Å²) in [6.07, 6.45) is 0. The SMILES string of the molecule is NC(c1cc(Cl)cc(Br)c1)c1cc(Br)c(Cl)s1. The van der Waals surface area contributed by atoms with Crippen LogP contribution in [0.5, 0.6) is 0 Å². The Morgan fingerprint density at radius 2 is 1.82 bits per heavy atom. The summed E-state index contributed by atoms with van der Waals surface area (Å²) in [6, 6.07) is 7.36. The Labute approximate surface area is 130 Å². The lowest BCUT2D eigenvalue weighted by Gasteiger charge is -2.10. The predicted octanol–water partition coefficient (Wildman–Crippen LogP) is 5.63. The van der Waals surface area contributed by atoms with Crippen molar-refractivity contribution >= 4 is 66.4 Å². The van der Waals surface area contributed by atoms with Gasteiger partial charge in [0.05, 0.1) is 6.04 Å². The molecule has 1 unspecified atom stereocenters. The van der Waals surface area contributed by atoms with Crippen molar-refractivity contribution in [2.24, 2.45) is 5.73 Å². The van der Waals surface area contributed by atoms with E-state index in [4.69, 9.17) is 28.9 Å². The molecule has 17 heavy (non-hydrogen) atoms. The van der Waals surface area contributed by atoms with Crippen LogP contribution in [0.25, 0.3) is 0 Å². The van der Waals surface area contributed by atoms with Crippen LogP contribution in [0.1, 0.15) is 16.5 Å². The van der Waals surface area contributed by atoms with E-state index in [1.807, 2.05) is 24.3 Å². The molecule has 1 nitrogen and oxygen atoms in total. The van der Waals surface area contributed by atoms with E-state index >= 15 is 0 Å². The minimum atomic E-state index is -0.223. The average molecular weight is 416 g/mol. The third kappa shape index (κ3) is 3.25. The second-order valence-corrected chi connectivity index (χ2v) is 7.34. The Morgan fingerprint density at radius 1 is 1.12 bits per heavy atom. The van der Waals surface area contributed by atoms with Gasteiger partial charge in [-0.1, -0.05) is 39.1 Å². The van der Waals surface area contributed by atoms with Crippen molar-refractivity contribution in [1.29, 1.82) is 0 Å². The molecule has 6 heteroatoms. The van der Waals surface area contributed by atoms with Gasteiger partial charge in [-0.25, -0.2) is 0 Å². The molecule has 0 aliphatic carbocycles. The minimum absolute atomic E-state index is 0.223. The summed E-state index contributed by atoms with van der Waals surface area (Å²) >= 11 is 20.2. The fourth-order valence-corrected chi connectivity index (χ4v) is 4.09. The number of halogens is 4. The highest BCUT2D eigenvalue weighted by atomic mass is 79.9. The van der Waals surface area contributed by atoms with Crippen molar-refractivity contribution in [2.45, 2.75) is 6.04 Å². The molecule has 1 heterocycles. The fraction of sp³-hybridized carbons (Fsp3) is 0.0909. The van der Waals surface area contributed by atoms with Crippen molar-refractivity contribution in [1.82, 2.24) is 0 Å². The molecule has 0 amide bonds. The third-order valence-electron chi connectivity index (χ3n) is 2.21. The molecular formula is C11H7Br2Cl2NS. The van der Waals surface area contributed by atoms with Gasteiger partial charge in [-0.2, -0.15) is 0 Å². The zero-order valence-corrected chi connectivity index (χ0v) is 13.9. The maximum Gasteiger partial charge on any atom is 0.107 e. The predicted molar refractivity (Wildman–Crippen MR) is 82.2 cm³/mol. The Bertz CT molecular complexity index is 517. The van der Waals surface area contributed by atoms with Gasteiger partial charge in [-0.3, -0.25) is 0 Å². The van der Waals surface area contributed by atoms with Crippen LogP contribution in [0.2, 0.25) is 9.36 Å². The first kappa shape index (κ1) is 13.8. The largest absolute Gasteiger partial charge is 0.320 e. The lowest BCUT2D eigenvalue weighted by atomic mass is 10.1. The van der Waals surface area contributed by atoms with Crippen molar-refractivity contribution in [3.63, 3.8) is 0 Å². The Kier molecular flexibility index (Phi) is 4.55. The monoisotopic (exact) mass is 413 g/mol. The van der Waals surface area contributed by atoms with Gasteiger partial charge in [-0.15, -0.1) is 11.3 Å². The van der Waals surface area contributed by atoms with Crippen LogP contribution >= 0.6 is 66.4 Å². The minimum Gasteiger partial charge on any atom is -0.320 e. The van der Waals surface area contributed by atoms with Crippen LogP contribution < -0.4 is 5.73 Å². The molecule has 1 atom stereocenters. The fourth-order valence-electron chi connectivity index (χ4n) is 1.44. The van der Waals surface area contributed by atoms with Gasteiger partial charge >= 0.3 is 0 Å². The molecule has 2 rings (SSSR count). The molecule has 90 valence electrons. The molecule has 0 spiro atoms. The zero-order valence-electron chi connectivity index (χ0n) is 8.38. The Hall–Kier alpha value is 0.420. The molecule has 0 saturated carbocycles. The first-order chi connectivity index (χ1) is 7.97. The lowest BCUT2D eigenvalue weighted by molar-refractivity contribution is 0.892. The van der Waals surface area contributed by atoms with Crippen molar-refractivity contribution in [2.75, 3.05) is 0 Å². The normalized spacial score (nSPS) is 12.8. The third-order valence-corrected chi connectivity index (χ3v) is 5.45. The smallest absolute Gasteiger partial charge is 0.107 e. The summed E-state index contributed by atoms with van der Waals surface area (Å²) in [5, 5.41) is 0.659. The molecule has 0 aliphatic rings. The molecular weight excluding hydrogens is 409 g/mol. The molecule has 0 radical (unpaired) electrons. The number of hydrogen-bond donors (Lipinski definition) is 1. The number of hydrogen-bond acceptors (Lipinski definition) is 2. The van der Waals surface area contributed by atoms with Crippen LogP contribution in [-0.2, 0) is 0 Å². The number of rotatable bonds is 2. The highest BCUT2D eigenvalue weighted by Crippen LogP contribution is 2.37. The summed E-state index contributed by atoms with van der Waals surface area (Å²) in [6.45, 7) is 0. The van der Waals surface area contributed by atoms with Gasteiger partial charge in [0.1, 0.15) is 4.34 Å². The van der Waals surface area contributed by atoms with E-state index < -0.39 is 0 Å². The maximum absolute atomic E-state index is 6.19. The van der Waals surface area contributed by atoms with Crippen LogP contribution in [0.4, 0.5) is 0 Å². The van der Waals surface area contributed by atoms with E-state index in [2.05, 4.69) is 31.9 Å². The van der Waals surface area contributed by atoms with Crippen LogP contribution in [0, 0.1) is 0 Å². The van der Waals surface area contributed by atoms with Crippen molar-refractivity contribution in [3.8, 4) is 0 Å². The highest BCUT2D eigenvalue weighted by molar-refractivity contribution is 9.10. The van der Waals surface area contributed by atoms with E-state index in [-0.39, 0.29) is 6.04 Å². The first-order valence-corrected chi connectivity index (χ1v) is 7.79. The van der Waals surface area contributed by atoms with Crippen LogP contribution in [0.3, 0.4) is 0 Å². The summed E-state index contributed by atoms with van der Waals surface area (Å²) in [5.41, 5.74) is 7.14. The van der Waals surface area contributed by atoms with E-state index in [9.17, 15) is 0 Å². The summed E-state index contributed by atoms with van der Waals surface area (Å²) in [4.78, 5) is 0.996. The van der Waals surface area contributed by atoms with Gasteiger partial charge in [0, 0.05) is 18.8 Å². The van der Waals surface area contributed by atoms with E-state index in [1.165, 1.54) is 11.3 Å². The molecule has 0 bridgehead atoms. The highest BCUT2D eigenvalue weighted by Gasteiger charge is 2.15. The number of nitrogens with two attached hydrogens (primary N) is 1. The number of benzene rings is 1. The Morgan fingerprint density at radius 3 is 2.35 bits per heavy atom. The quantitative estimate of drug-likeness (QED) is 0.676. The molecule has 0 aliphatic heterocycles. The summed E-state index contributed by atoms with van der Waals surface area (Å²) in [5.74, 6) is 0. The van der Waals surface area contributed by atoms with Gasteiger partial charge in [0.25, 0.3) is 0 Å². The topological polar surface area (TPSA) is 26.0 Å². The maximum atomic E-state index is 6.19.